The molecule has 1 aliphatic carbocycles. The number of nitrogens with zero attached hydrogens (tertiary/aromatic N) is 3. The molecule has 1 aromatic carbocycles. The normalized spacial score (nSPS) is 22.2. The van der Waals surface area contributed by atoms with E-state index in [2.05, 4.69) is 16.0 Å². The quantitative estimate of drug-likeness (QED) is 0.835. The van der Waals surface area contributed by atoms with Crippen LogP contribution in [0.15, 0.2) is 36.7 Å². The van der Waals surface area contributed by atoms with E-state index in [0.29, 0.717) is 5.92 Å². The Bertz CT molecular complexity index is 712. The van der Waals surface area contributed by atoms with Gasteiger partial charge < -0.3 is 4.74 Å². The van der Waals surface area contributed by atoms with Crippen molar-refractivity contribution in [1.29, 1.82) is 0 Å². The molecule has 2 aliphatic rings. The van der Waals surface area contributed by atoms with Gasteiger partial charge in [0.1, 0.15) is 5.75 Å². The summed E-state index contributed by atoms with van der Waals surface area (Å²) in [6, 6.07) is 8.87. The van der Waals surface area contributed by atoms with Crippen molar-refractivity contribution in [3.8, 4) is 17.0 Å². The number of hydrogen-bond donors (Lipinski definition) is 0. The predicted octanol–water partition coefficient (Wildman–Crippen LogP) is 4.27. The second-order valence-electron chi connectivity index (χ2n) is 7.33. The van der Waals surface area contributed by atoms with Crippen LogP contribution in [0.2, 0.25) is 0 Å². The maximum Gasteiger partial charge on any atom is 0.119 e. The van der Waals surface area contributed by atoms with E-state index in [1.165, 1.54) is 45.1 Å². The third-order valence-electron chi connectivity index (χ3n) is 5.73. The number of piperidine rings is 1. The minimum absolute atomic E-state index is 0.507. The van der Waals surface area contributed by atoms with Gasteiger partial charge in [0.05, 0.1) is 24.7 Å². The summed E-state index contributed by atoms with van der Waals surface area (Å²) in [4.78, 5) is 12.2. The van der Waals surface area contributed by atoms with Gasteiger partial charge in [-0.2, -0.15) is 0 Å². The Morgan fingerprint density at radius 3 is 2.80 bits per heavy atom. The van der Waals surface area contributed by atoms with Gasteiger partial charge in [0.25, 0.3) is 0 Å². The van der Waals surface area contributed by atoms with E-state index < -0.39 is 0 Å². The van der Waals surface area contributed by atoms with Crippen LogP contribution in [0.25, 0.3) is 11.3 Å². The van der Waals surface area contributed by atoms with E-state index in [9.17, 15) is 0 Å². The van der Waals surface area contributed by atoms with Gasteiger partial charge in [0.15, 0.2) is 0 Å². The molecule has 1 aromatic heterocycles. The summed E-state index contributed by atoms with van der Waals surface area (Å²) >= 11 is 0. The molecule has 2 fully saturated rings. The highest BCUT2D eigenvalue weighted by Crippen LogP contribution is 2.32. The SMILES string of the molecule is COc1cccc(-c2cncc([C@@H]3CCCN(C4CCCC4)C3)n2)c1. The molecule has 4 nitrogen and oxygen atoms in total. The van der Waals surface area contributed by atoms with Gasteiger partial charge in [0, 0.05) is 30.3 Å². The summed E-state index contributed by atoms with van der Waals surface area (Å²) in [7, 11) is 1.70. The molecule has 1 saturated heterocycles. The highest BCUT2D eigenvalue weighted by atomic mass is 16.5. The molecule has 132 valence electrons. The van der Waals surface area contributed by atoms with Gasteiger partial charge in [0.2, 0.25) is 0 Å². The molecule has 25 heavy (non-hydrogen) atoms. The standard InChI is InChI=1S/C21H27N3O/c1-25-19-10-4-6-16(12-19)20-13-22-14-21(23-20)17-7-5-11-24(15-17)18-8-2-3-9-18/h4,6,10,12-14,17-18H,2-3,5,7-9,11,15H2,1H3/t17-/m1/s1. The first-order valence-corrected chi connectivity index (χ1v) is 9.54. The van der Waals surface area contributed by atoms with E-state index in [1.807, 2.05) is 30.6 Å². The fourth-order valence-corrected chi connectivity index (χ4v) is 4.35. The molecule has 2 aromatic rings. The number of rotatable bonds is 4. The van der Waals surface area contributed by atoms with E-state index in [-0.39, 0.29) is 0 Å². The predicted molar refractivity (Wildman–Crippen MR) is 99.8 cm³/mol. The molecule has 1 aliphatic heterocycles. The fraction of sp³-hybridized carbons (Fsp3) is 0.524. The Morgan fingerprint density at radius 2 is 1.96 bits per heavy atom. The van der Waals surface area contributed by atoms with Crippen molar-refractivity contribution in [2.75, 3.05) is 20.2 Å². The molecule has 0 radical (unpaired) electrons. The van der Waals surface area contributed by atoms with E-state index >= 15 is 0 Å². The van der Waals surface area contributed by atoms with Crippen molar-refractivity contribution in [3.63, 3.8) is 0 Å². The van der Waals surface area contributed by atoms with Crippen molar-refractivity contribution in [3.05, 3.63) is 42.4 Å². The third kappa shape index (κ3) is 3.69. The third-order valence-corrected chi connectivity index (χ3v) is 5.73. The maximum absolute atomic E-state index is 5.34. The monoisotopic (exact) mass is 337 g/mol. The molecule has 4 heteroatoms. The van der Waals surface area contributed by atoms with Crippen LogP contribution in [-0.2, 0) is 0 Å². The molecular weight excluding hydrogens is 310 g/mol. The van der Waals surface area contributed by atoms with Crippen LogP contribution < -0.4 is 4.74 Å². The molecule has 1 saturated carbocycles. The maximum atomic E-state index is 5.34. The molecule has 0 spiro atoms. The van der Waals surface area contributed by atoms with E-state index in [4.69, 9.17) is 9.72 Å². The average Bonchev–Trinajstić information content (AvgIpc) is 3.23. The lowest BCUT2D eigenvalue weighted by Gasteiger charge is -2.36. The van der Waals surface area contributed by atoms with Crippen LogP contribution >= 0.6 is 0 Å². The number of methoxy groups -OCH3 is 1. The summed E-state index contributed by atoms with van der Waals surface area (Å²) in [6.45, 7) is 2.39. The molecule has 0 amide bonds. The minimum atomic E-state index is 0.507. The van der Waals surface area contributed by atoms with E-state index in [1.54, 1.807) is 7.11 Å². The largest absolute Gasteiger partial charge is 0.497 e. The number of ether oxygens (including phenoxy) is 1. The van der Waals surface area contributed by atoms with E-state index in [0.717, 1.165) is 35.3 Å². The van der Waals surface area contributed by atoms with Crippen molar-refractivity contribution in [1.82, 2.24) is 14.9 Å². The van der Waals surface area contributed by atoms with Crippen LogP contribution in [-0.4, -0.2) is 41.1 Å². The van der Waals surface area contributed by atoms with Crippen LogP contribution in [0, 0.1) is 0 Å². The van der Waals surface area contributed by atoms with Gasteiger partial charge in [-0.15, -0.1) is 0 Å². The molecule has 2 heterocycles. The van der Waals surface area contributed by atoms with Gasteiger partial charge in [-0.3, -0.25) is 9.88 Å². The van der Waals surface area contributed by atoms with Crippen molar-refractivity contribution < 1.29 is 4.74 Å². The Balaban J connectivity index is 1.54. The van der Waals surface area contributed by atoms with Gasteiger partial charge >= 0.3 is 0 Å². The Morgan fingerprint density at radius 1 is 1.08 bits per heavy atom. The first kappa shape index (κ1) is 16.5. The van der Waals surface area contributed by atoms with Gasteiger partial charge in [-0.1, -0.05) is 25.0 Å². The van der Waals surface area contributed by atoms with Crippen molar-refractivity contribution in [2.45, 2.75) is 50.5 Å². The lowest BCUT2D eigenvalue weighted by molar-refractivity contribution is 0.149. The molecule has 0 bridgehead atoms. The number of benzene rings is 1. The zero-order valence-electron chi connectivity index (χ0n) is 15.0. The molecule has 0 unspecified atom stereocenters. The van der Waals surface area contributed by atoms with Crippen LogP contribution in [0.3, 0.4) is 0 Å². The topological polar surface area (TPSA) is 38.2 Å². The fourth-order valence-electron chi connectivity index (χ4n) is 4.35. The minimum Gasteiger partial charge on any atom is -0.497 e. The average molecular weight is 337 g/mol. The second kappa shape index (κ2) is 7.52. The first-order chi connectivity index (χ1) is 12.3. The van der Waals surface area contributed by atoms with Gasteiger partial charge in [-0.25, -0.2) is 4.98 Å². The number of hydrogen-bond acceptors (Lipinski definition) is 4. The Hall–Kier alpha value is -1.94. The van der Waals surface area contributed by atoms with Gasteiger partial charge in [-0.05, 0) is 44.4 Å². The van der Waals surface area contributed by atoms with Crippen molar-refractivity contribution in [2.24, 2.45) is 0 Å². The highest BCUT2D eigenvalue weighted by molar-refractivity contribution is 5.60. The smallest absolute Gasteiger partial charge is 0.119 e. The molecular formula is C21H27N3O. The van der Waals surface area contributed by atoms with Crippen molar-refractivity contribution >= 4 is 0 Å². The molecule has 0 N–H and O–H groups in total. The van der Waals surface area contributed by atoms with Crippen LogP contribution in [0.4, 0.5) is 0 Å². The zero-order valence-corrected chi connectivity index (χ0v) is 15.0. The number of likely N-dealkylation sites (tertiary alicyclic amines) is 1. The lowest BCUT2D eigenvalue weighted by Crippen LogP contribution is -2.40. The second-order valence-corrected chi connectivity index (χ2v) is 7.33. The summed E-state index contributed by atoms with van der Waals surface area (Å²) in [5.74, 6) is 1.36. The summed E-state index contributed by atoms with van der Waals surface area (Å²) in [5, 5.41) is 0. The summed E-state index contributed by atoms with van der Waals surface area (Å²) < 4.78 is 5.34. The lowest BCUT2D eigenvalue weighted by atomic mass is 9.93. The summed E-state index contributed by atoms with van der Waals surface area (Å²) in [6.07, 6.45) is 11.9. The summed E-state index contributed by atoms with van der Waals surface area (Å²) in [5.41, 5.74) is 3.15. The van der Waals surface area contributed by atoms with Crippen LogP contribution in [0.1, 0.15) is 50.1 Å². The first-order valence-electron chi connectivity index (χ1n) is 9.54. The zero-order chi connectivity index (χ0) is 17.1. The Kier molecular flexibility index (Phi) is 4.97. The molecule has 4 rings (SSSR count). The van der Waals surface area contributed by atoms with Crippen LogP contribution in [0.5, 0.6) is 5.75 Å². The molecule has 1 atom stereocenters. The Labute approximate surface area is 150 Å². The highest BCUT2D eigenvalue weighted by Gasteiger charge is 2.29. The number of aromatic nitrogens is 2.